The molecule has 0 aromatic carbocycles. The molecule has 2 rings (SSSR count). The van der Waals surface area contributed by atoms with E-state index in [0.717, 1.165) is 11.8 Å². The fraction of sp³-hybridized carbons (Fsp3) is 1.00. The molecule has 0 aromatic rings. The van der Waals surface area contributed by atoms with E-state index in [-0.39, 0.29) is 0 Å². The zero-order valence-electron chi connectivity index (χ0n) is 12.8. The second kappa shape index (κ2) is 5.50. The fourth-order valence-electron chi connectivity index (χ4n) is 3.90. The molecule has 0 amide bonds. The highest BCUT2D eigenvalue weighted by molar-refractivity contribution is 4.91. The molecule has 2 fully saturated rings. The summed E-state index contributed by atoms with van der Waals surface area (Å²) >= 11 is 0. The third-order valence-corrected chi connectivity index (χ3v) is 5.31. The van der Waals surface area contributed by atoms with Gasteiger partial charge >= 0.3 is 0 Å². The zero-order valence-corrected chi connectivity index (χ0v) is 12.8. The average molecular weight is 252 g/mol. The number of rotatable bonds is 1. The van der Waals surface area contributed by atoms with Crippen LogP contribution in [0.4, 0.5) is 0 Å². The van der Waals surface area contributed by atoms with Gasteiger partial charge in [0.05, 0.1) is 0 Å². The molecule has 2 heteroatoms. The lowest BCUT2D eigenvalue weighted by molar-refractivity contribution is 0.130. The highest BCUT2D eigenvalue weighted by Gasteiger charge is 2.37. The van der Waals surface area contributed by atoms with Gasteiger partial charge in [0.15, 0.2) is 0 Å². The number of hydrogen-bond donors (Lipinski definition) is 2. The Morgan fingerprint density at radius 1 is 0.944 bits per heavy atom. The lowest BCUT2D eigenvalue weighted by Gasteiger charge is -2.38. The van der Waals surface area contributed by atoms with Crippen LogP contribution in [0, 0.1) is 22.7 Å². The maximum Gasteiger partial charge on any atom is 0.000264 e. The second-order valence-corrected chi connectivity index (χ2v) is 8.00. The third kappa shape index (κ3) is 3.48. The lowest BCUT2D eigenvalue weighted by Crippen LogP contribution is -2.39. The van der Waals surface area contributed by atoms with Crippen LogP contribution in [-0.2, 0) is 0 Å². The van der Waals surface area contributed by atoms with Crippen LogP contribution in [-0.4, -0.2) is 26.2 Å². The highest BCUT2D eigenvalue weighted by Crippen LogP contribution is 2.41. The van der Waals surface area contributed by atoms with Crippen LogP contribution in [0.2, 0.25) is 0 Å². The Morgan fingerprint density at radius 3 is 2.50 bits per heavy atom. The summed E-state index contributed by atoms with van der Waals surface area (Å²) in [6, 6.07) is 0. The Labute approximate surface area is 113 Å². The Bertz CT molecular complexity index is 270. The first-order valence-electron chi connectivity index (χ1n) is 7.82. The van der Waals surface area contributed by atoms with E-state index in [0.29, 0.717) is 10.8 Å². The maximum atomic E-state index is 3.72. The van der Waals surface area contributed by atoms with E-state index in [9.17, 15) is 0 Å². The van der Waals surface area contributed by atoms with Crippen molar-refractivity contribution in [2.75, 3.05) is 26.2 Å². The van der Waals surface area contributed by atoms with Gasteiger partial charge in [0, 0.05) is 6.54 Å². The lowest BCUT2D eigenvalue weighted by atomic mass is 9.68. The van der Waals surface area contributed by atoms with Crippen molar-refractivity contribution < 1.29 is 0 Å². The zero-order chi connectivity index (χ0) is 13.2. The quantitative estimate of drug-likeness (QED) is 0.749. The number of hydrogen-bond acceptors (Lipinski definition) is 2. The molecule has 2 nitrogen and oxygen atoms in total. The minimum atomic E-state index is 0.483. The molecule has 0 aromatic heterocycles. The molecule has 2 N–H and O–H groups in total. The minimum Gasteiger partial charge on any atom is -0.316 e. The van der Waals surface area contributed by atoms with Gasteiger partial charge in [-0.15, -0.1) is 0 Å². The van der Waals surface area contributed by atoms with Crippen LogP contribution < -0.4 is 10.6 Å². The molecule has 106 valence electrons. The molecule has 0 spiro atoms. The van der Waals surface area contributed by atoms with Gasteiger partial charge in [-0.05, 0) is 68.0 Å². The van der Waals surface area contributed by atoms with Gasteiger partial charge < -0.3 is 10.6 Å². The summed E-state index contributed by atoms with van der Waals surface area (Å²) in [5.74, 6) is 1.69. The van der Waals surface area contributed by atoms with Gasteiger partial charge in [-0.3, -0.25) is 0 Å². The van der Waals surface area contributed by atoms with Gasteiger partial charge in [-0.1, -0.05) is 27.7 Å². The molecule has 2 saturated heterocycles. The number of nitrogens with one attached hydrogen (secondary N) is 2. The van der Waals surface area contributed by atoms with Crippen molar-refractivity contribution >= 4 is 0 Å². The first kappa shape index (κ1) is 14.3. The van der Waals surface area contributed by atoms with Gasteiger partial charge in [0.1, 0.15) is 0 Å². The second-order valence-electron chi connectivity index (χ2n) is 8.00. The van der Waals surface area contributed by atoms with Crippen LogP contribution in [0.3, 0.4) is 0 Å². The average Bonchev–Trinajstić information content (AvgIpc) is 2.54. The smallest absolute Gasteiger partial charge is 0.000264 e. The van der Waals surface area contributed by atoms with E-state index in [4.69, 9.17) is 0 Å². The highest BCUT2D eigenvalue weighted by atomic mass is 14.9. The molecular formula is C16H32N2. The Kier molecular flexibility index (Phi) is 4.38. The van der Waals surface area contributed by atoms with Crippen LogP contribution in [0.25, 0.3) is 0 Å². The van der Waals surface area contributed by atoms with Crippen LogP contribution in [0.15, 0.2) is 0 Å². The molecule has 2 aliphatic rings. The Morgan fingerprint density at radius 2 is 1.72 bits per heavy atom. The van der Waals surface area contributed by atoms with Crippen molar-refractivity contribution in [1.82, 2.24) is 10.6 Å². The summed E-state index contributed by atoms with van der Waals surface area (Å²) in [4.78, 5) is 0. The molecular weight excluding hydrogens is 220 g/mol. The van der Waals surface area contributed by atoms with Crippen LogP contribution in [0.1, 0.15) is 53.4 Å². The monoisotopic (exact) mass is 252 g/mol. The largest absolute Gasteiger partial charge is 0.316 e. The normalized spacial score (nSPS) is 36.7. The van der Waals surface area contributed by atoms with E-state index >= 15 is 0 Å². The Hall–Kier alpha value is -0.0800. The Balaban J connectivity index is 2.04. The van der Waals surface area contributed by atoms with E-state index in [1.54, 1.807) is 0 Å². The van der Waals surface area contributed by atoms with Gasteiger partial charge in [-0.25, -0.2) is 0 Å². The maximum absolute atomic E-state index is 3.72. The summed E-state index contributed by atoms with van der Waals surface area (Å²) in [5.41, 5.74) is 0.987. The summed E-state index contributed by atoms with van der Waals surface area (Å²) in [5, 5.41) is 7.38. The molecule has 2 atom stereocenters. The van der Waals surface area contributed by atoms with Crippen molar-refractivity contribution in [2.24, 2.45) is 22.7 Å². The molecule has 0 saturated carbocycles. The van der Waals surface area contributed by atoms with E-state index in [2.05, 4.69) is 38.3 Å². The standard InChI is InChI=1S/C16H32N2/c1-15(2)8-6-13(10-18-12-15)14-11-17-9-5-7-16(14,3)4/h13-14,17-18H,5-12H2,1-4H3. The van der Waals surface area contributed by atoms with Crippen molar-refractivity contribution in [1.29, 1.82) is 0 Å². The molecule has 18 heavy (non-hydrogen) atoms. The van der Waals surface area contributed by atoms with Crippen LogP contribution in [0.5, 0.6) is 0 Å². The molecule has 0 aliphatic carbocycles. The SMILES string of the molecule is CC1(C)CCC(C2CNCCCC2(C)C)CNC1. The topological polar surface area (TPSA) is 24.1 Å². The fourth-order valence-corrected chi connectivity index (χ4v) is 3.90. The molecule has 0 bridgehead atoms. The molecule has 2 unspecified atom stereocenters. The molecule has 2 heterocycles. The predicted molar refractivity (Wildman–Crippen MR) is 78.7 cm³/mol. The predicted octanol–water partition coefficient (Wildman–Crippen LogP) is 3.04. The van der Waals surface area contributed by atoms with E-state index in [1.807, 2.05) is 0 Å². The van der Waals surface area contributed by atoms with Gasteiger partial charge in [0.25, 0.3) is 0 Å². The first-order chi connectivity index (χ1) is 8.41. The minimum absolute atomic E-state index is 0.483. The summed E-state index contributed by atoms with van der Waals surface area (Å²) in [6.07, 6.45) is 5.49. The van der Waals surface area contributed by atoms with Crippen molar-refractivity contribution in [2.45, 2.75) is 53.4 Å². The summed E-state index contributed by atoms with van der Waals surface area (Å²) < 4.78 is 0. The van der Waals surface area contributed by atoms with Crippen molar-refractivity contribution in [3.8, 4) is 0 Å². The van der Waals surface area contributed by atoms with Crippen molar-refractivity contribution in [3.63, 3.8) is 0 Å². The molecule has 0 radical (unpaired) electrons. The van der Waals surface area contributed by atoms with Gasteiger partial charge in [0.2, 0.25) is 0 Å². The van der Waals surface area contributed by atoms with E-state index < -0.39 is 0 Å². The third-order valence-electron chi connectivity index (χ3n) is 5.31. The first-order valence-corrected chi connectivity index (χ1v) is 7.82. The van der Waals surface area contributed by atoms with Gasteiger partial charge in [-0.2, -0.15) is 0 Å². The molecule has 2 aliphatic heterocycles. The summed E-state index contributed by atoms with van der Waals surface area (Å²) in [6.45, 7) is 14.6. The summed E-state index contributed by atoms with van der Waals surface area (Å²) in [7, 11) is 0. The van der Waals surface area contributed by atoms with Crippen molar-refractivity contribution in [3.05, 3.63) is 0 Å². The van der Waals surface area contributed by atoms with Crippen LogP contribution >= 0.6 is 0 Å². The van der Waals surface area contributed by atoms with E-state index in [1.165, 1.54) is 51.9 Å².